The first-order chi connectivity index (χ1) is 28.5. The zero-order valence-corrected chi connectivity index (χ0v) is 33.0. The van der Waals surface area contributed by atoms with E-state index in [1.54, 1.807) is 4.90 Å². The number of tetrazole rings is 1. The third kappa shape index (κ3) is 7.33. The minimum atomic E-state index is -0.878. The number of hydrogen-bond donors (Lipinski definition) is 1. The zero-order chi connectivity index (χ0) is 39.9. The van der Waals surface area contributed by atoms with Crippen LogP contribution in [0.2, 0.25) is 0 Å². The SMILES string of the molecule is CCCCc1ncc(CC2C(=O)NC(=O)N2CCCC)n1Cc1ccc(-c2ccccc2-c2nnnn2C(c2ccccc2)(c2ccccc2)c2ccccc2)cc1. The van der Waals surface area contributed by atoms with Gasteiger partial charge in [-0.2, -0.15) is 0 Å². The Morgan fingerprint density at radius 3 is 1.88 bits per heavy atom. The van der Waals surface area contributed by atoms with Gasteiger partial charge in [-0.1, -0.05) is 166 Å². The van der Waals surface area contributed by atoms with Crippen molar-refractivity contribution >= 4 is 11.9 Å². The van der Waals surface area contributed by atoms with E-state index in [0.29, 0.717) is 25.3 Å². The number of aromatic nitrogens is 6. The molecular weight excluding hydrogens is 721 g/mol. The van der Waals surface area contributed by atoms with E-state index >= 15 is 0 Å². The molecule has 0 radical (unpaired) electrons. The molecule has 0 bridgehead atoms. The summed E-state index contributed by atoms with van der Waals surface area (Å²) in [4.78, 5) is 32.2. The fraction of sp³-hybridized carbons (Fsp3) is 0.250. The number of rotatable bonds is 16. The Labute approximate surface area is 339 Å². The second-order valence-corrected chi connectivity index (χ2v) is 14.9. The van der Waals surface area contributed by atoms with Crippen LogP contribution >= 0.6 is 0 Å². The molecule has 0 aliphatic carbocycles. The highest BCUT2D eigenvalue weighted by Gasteiger charge is 2.42. The van der Waals surface area contributed by atoms with E-state index < -0.39 is 11.6 Å². The van der Waals surface area contributed by atoms with Crippen LogP contribution in [0.3, 0.4) is 0 Å². The summed E-state index contributed by atoms with van der Waals surface area (Å²) in [6.45, 7) is 5.41. The van der Waals surface area contributed by atoms with Crippen LogP contribution in [0.15, 0.2) is 146 Å². The van der Waals surface area contributed by atoms with Gasteiger partial charge in [-0.15, -0.1) is 5.10 Å². The Bertz CT molecular complexity index is 2360. The van der Waals surface area contributed by atoms with E-state index in [0.717, 1.165) is 82.6 Å². The highest BCUT2D eigenvalue weighted by molar-refractivity contribution is 6.04. The molecule has 1 fully saturated rings. The molecule has 292 valence electrons. The normalized spacial score (nSPS) is 14.2. The molecule has 5 aromatic carbocycles. The molecule has 58 heavy (non-hydrogen) atoms. The van der Waals surface area contributed by atoms with E-state index in [4.69, 9.17) is 15.3 Å². The summed E-state index contributed by atoms with van der Waals surface area (Å²) in [6, 6.07) is 47.3. The van der Waals surface area contributed by atoms with Crippen molar-refractivity contribution < 1.29 is 9.59 Å². The van der Waals surface area contributed by atoms with Crippen LogP contribution in [0.25, 0.3) is 22.5 Å². The Morgan fingerprint density at radius 2 is 1.28 bits per heavy atom. The predicted octanol–water partition coefficient (Wildman–Crippen LogP) is 8.70. The monoisotopic (exact) mass is 768 g/mol. The maximum absolute atomic E-state index is 13.0. The Balaban J connectivity index is 1.16. The van der Waals surface area contributed by atoms with E-state index in [1.807, 2.05) is 41.2 Å². The van der Waals surface area contributed by atoms with Gasteiger partial charge in [0.25, 0.3) is 5.91 Å². The lowest BCUT2D eigenvalue weighted by Crippen LogP contribution is -2.39. The van der Waals surface area contributed by atoms with Crippen LogP contribution in [0.5, 0.6) is 0 Å². The van der Waals surface area contributed by atoms with Crippen molar-refractivity contribution in [1.29, 1.82) is 0 Å². The topological polar surface area (TPSA) is 111 Å². The summed E-state index contributed by atoms with van der Waals surface area (Å²) >= 11 is 0. The van der Waals surface area contributed by atoms with E-state index in [1.165, 1.54) is 0 Å². The fourth-order valence-corrected chi connectivity index (χ4v) is 8.26. The summed E-state index contributed by atoms with van der Waals surface area (Å²) in [7, 11) is 0. The minimum absolute atomic E-state index is 0.244. The van der Waals surface area contributed by atoms with Crippen molar-refractivity contribution in [2.24, 2.45) is 0 Å². The number of aryl methyl sites for hydroxylation is 1. The molecule has 10 heteroatoms. The molecule has 10 nitrogen and oxygen atoms in total. The summed E-state index contributed by atoms with van der Waals surface area (Å²) in [5.74, 6) is 1.38. The largest absolute Gasteiger partial charge is 0.328 e. The molecular formula is C48H48N8O2. The first-order valence-corrected chi connectivity index (χ1v) is 20.3. The quantitative estimate of drug-likeness (QED) is 0.0778. The van der Waals surface area contributed by atoms with E-state index in [2.05, 4.69) is 138 Å². The van der Waals surface area contributed by atoms with E-state index in [-0.39, 0.29) is 11.9 Å². The van der Waals surface area contributed by atoms with Gasteiger partial charge >= 0.3 is 6.03 Å². The van der Waals surface area contributed by atoms with Gasteiger partial charge in [0.2, 0.25) is 0 Å². The van der Waals surface area contributed by atoms with Gasteiger partial charge in [0.05, 0.1) is 0 Å². The predicted molar refractivity (Wildman–Crippen MR) is 226 cm³/mol. The smallest absolute Gasteiger partial charge is 0.324 e. The number of carbonyl (C=O) groups is 2. The lowest BCUT2D eigenvalue weighted by Gasteiger charge is -2.36. The van der Waals surface area contributed by atoms with Crippen LogP contribution in [0.4, 0.5) is 4.79 Å². The number of unbranched alkanes of at least 4 members (excludes halogenated alkanes) is 2. The Hall–Kier alpha value is -6.68. The van der Waals surface area contributed by atoms with Crippen LogP contribution in [0, 0.1) is 0 Å². The maximum atomic E-state index is 13.0. The Kier molecular flexibility index (Phi) is 11.3. The molecule has 1 aliphatic heterocycles. The molecule has 1 unspecified atom stereocenters. The number of carbonyl (C=O) groups excluding carboxylic acids is 2. The van der Waals surface area contributed by atoms with Gasteiger partial charge in [0, 0.05) is 43.4 Å². The van der Waals surface area contributed by atoms with Crippen LogP contribution in [0.1, 0.15) is 73.3 Å². The second kappa shape index (κ2) is 17.2. The van der Waals surface area contributed by atoms with Gasteiger partial charge in [-0.3, -0.25) is 10.1 Å². The highest BCUT2D eigenvalue weighted by Crippen LogP contribution is 2.43. The van der Waals surface area contributed by atoms with Crippen LogP contribution in [-0.2, 0) is 29.7 Å². The van der Waals surface area contributed by atoms with Gasteiger partial charge in [0.15, 0.2) is 5.82 Å². The van der Waals surface area contributed by atoms with Crippen molar-refractivity contribution in [3.8, 4) is 22.5 Å². The summed E-state index contributed by atoms with van der Waals surface area (Å²) in [5.41, 5.74) is 7.22. The Morgan fingerprint density at radius 1 is 0.690 bits per heavy atom. The molecule has 0 saturated carbocycles. The van der Waals surface area contributed by atoms with Crippen molar-refractivity contribution in [3.05, 3.63) is 179 Å². The number of urea groups is 1. The molecule has 2 aromatic heterocycles. The molecule has 1 aliphatic rings. The van der Waals surface area contributed by atoms with Gasteiger partial charge in [-0.05, 0) is 56.6 Å². The van der Waals surface area contributed by atoms with Crippen molar-refractivity contribution in [2.45, 2.75) is 70.5 Å². The third-order valence-corrected chi connectivity index (χ3v) is 11.2. The molecule has 8 rings (SSSR count). The number of nitrogens with one attached hydrogen (secondary N) is 1. The highest BCUT2D eigenvalue weighted by atomic mass is 16.2. The van der Waals surface area contributed by atoms with Gasteiger partial charge in [0.1, 0.15) is 17.4 Å². The second-order valence-electron chi connectivity index (χ2n) is 14.9. The maximum Gasteiger partial charge on any atom is 0.324 e. The fourth-order valence-electron chi connectivity index (χ4n) is 8.26. The first-order valence-electron chi connectivity index (χ1n) is 20.3. The van der Waals surface area contributed by atoms with Crippen molar-refractivity contribution in [2.75, 3.05) is 6.54 Å². The summed E-state index contributed by atoms with van der Waals surface area (Å²) in [5, 5.41) is 16.4. The van der Waals surface area contributed by atoms with Gasteiger partial charge in [-0.25, -0.2) is 14.5 Å². The summed E-state index contributed by atoms with van der Waals surface area (Å²) < 4.78 is 4.21. The molecule has 1 saturated heterocycles. The average molecular weight is 769 g/mol. The minimum Gasteiger partial charge on any atom is -0.328 e. The lowest BCUT2D eigenvalue weighted by molar-refractivity contribution is -0.121. The number of amides is 3. The first kappa shape index (κ1) is 38.2. The molecule has 7 aromatic rings. The standard InChI is InChI=1S/C48H48N8O2/c1-3-5-26-44-49-33-40(32-43-46(57)50-47(58)54(43)31-6-4-2)55(44)34-35-27-29-36(30-28-35)41-24-16-17-25-42(41)45-51-52-53-56(45)48(37-18-10-7-11-19-37,38-20-12-8-13-21-38)39-22-14-9-15-23-39/h7-25,27-30,33,43H,3-6,26,31-32,34H2,1-2H3,(H,50,57,58). The number of imidazole rings is 1. The third-order valence-electron chi connectivity index (χ3n) is 11.2. The van der Waals surface area contributed by atoms with Crippen molar-refractivity contribution in [1.82, 2.24) is 40.0 Å². The lowest BCUT2D eigenvalue weighted by atomic mass is 9.77. The molecule has 3 heterocycles. The van der Waals surface area contributed by atoms with E-state index in [9.17, 15) is 9.59 Å². The molecule has 1 N–H and O–H groups in total. The van der Waals surface area contributed by atoms with Crippen LogP contribution < -0.4 is 5.32 Å². The van der Waals surface area contributed by atoms with Gasteiger partial charge < -0.3 is 9.47 Å². The van der Waals surface area contributed by atoms with Crippen molar-refractivity contribution in [3.63, 3.8) is 0 Å². The number of imide groups is 1. The zero-order valence-electron chi connectivity index (χ0n) is 33.0. The number of nitrogens with zero attached hydrogens (tertiary/aromatic N) is 7. The summed E-state index contributed by atoms with van der Waals surface area (Å²) in [6.07, 6.45) is 6.98. The van der Waals surface area contributed by atoms with Crippen LogP contribution in [-0.4, -0.2) is 59.2 Å². The molecule has 0 spiro atoms. The number of hydrogen-bond acceptors (Lipinski definition) is 6. The molecule has 1 atom stereocenters. The number of benzene rings is 5. The molecule has 3 amide bonds. The average Bonchev–Trinajstić information content (AvgIpc) is 3.98.